The van der Waals surface area contributed by atoms with Gasteiger partial charge in [0.2, 0.25) is 0 Å². The smallest absolute Gasteiger partial charge is 0.167 e. The summed E-state index contributed by atoms with van der Waals surface area (Å²) in [5.74, 6) is -1.42. The molecule has 0 aliphatic rings. The topological polar surface area (TPSA) is 25.8 Å². The van der Waals surface area contributed by atoms with Crippen molar-refractivity contribution < 1.29 is 8.78 Å². The fourth-order valence-corrected chi connectivity index (χ4v) is 2.46. The molecule has 3 rings (SSSR count). The summed E-state index contributed by atoms with van der Waals surface area (Å²) in [6.45, 7) is 3.42. The molecular weight excluding hydrogens is 294 g/mol. The van der Waals surface area contributed by atoms with E-state index < -0.39 is 11.6 Å². The number of rotatable bonds is 1. The second kappa shape index (κ2) is 5.04. The Hall–Kier alpha value is -2.07. The standard InChI is InChI=1S/C16H11ClF2N2/c1-8-6-7-11(18)12(13(8)19)16-20-14-9(2)4-3-5-10(14)15(17)21-16/h3-7H,1-2H3. The predicted molar refractivity (Wildman–Crippen MR) is 79.4 cm³/mol. The van der Waals surface area contributed by atoms with Gasteiger partial charge in [-0.3, -0.25) is 0 Å². The van der Waals surface area contributed by atoms with Crippen molar-refractivity contribution in [2.75, 3.05) is 0 Å². The number of hydrogen-bond acceptors (Lipinski definition) is 2. The molecule has 0 fully saturated rings. The van der Waals surface area contributed by atoms with Crippen molar-refractivity contribution >= 4 is 22.5 Å². The number of benzene rings is 2. The van der Waals surface area contributed by atoms with Gasteiger partial charge in [-0.25, -0.2) is 18.7 Å². The Bertz CT molecular complexity index is 863. The third kappa shape index (κ3) is 2.25. The van der Waals surface area contributed by atoms with Crippen molar-refractivity contribution in [2.45, 2.75) is 13.8 Å². The second-order valence-electron chi connectivity index (χ2n) is 4.86. The summed E-state index contributed by atoms with van der Waals surface area (Å²) in [4.78, 5) is 8.34. The lowest BCUT2D eigenvalue weighted by molar-refractivity contribution is 0.582. The van der Waals surface area contributed by atoms with Crippen LogP contribution in [0.25, 0.3) is 22.3 Å². The number of hydrogen-bond donors (Lipinski definition) is 0. The fourth-order valence-electron chi connectivity index (χ4n) is 2.23. The lowest BCUT2D eigenvalue weighted by Gasteiger charge is -2.09. The average molecular weight is 305 g/mol. The Balaban J connectivity index is 2.37. The molecule has 0 atom stereocenters. The highest BCUT2D eigenvalue weighted by Gasteiger charge is 2.18. The van der Waals surface area contributed by atoms with Gasteiger partial charge >= 0.3 is 0 Å². The highest BCUT2D eigenvalue weighted by Crippen LogP contribution is 2.30. The molecular formula is C16H11ClF2N2. The molecule has 3 aromatic rings. The van der Waals surface area contributed by atoms with Gasteiger partial charge in [0.15, 0.2) is 5.82 Å². The Morgan fingerprint density at radius 2 is 1.71 bits per heavy atom. The Morgan fingerprint density at radius 3 is 2.48 bits per heavy atom. The first kappa shape index (κ1) is 13.9. The van der Waals surface area contributed by atoms with E-state index in [9.17, 15) is 8.78 Å². The van der Waals surface area contributed by atoms with Gasteiger partial charge in [0, 0.05) is 5.39 Å². The highest BCUT2D eigenvalue weighted by molar-refractivity contribution is 6.34. The van der Waals surface area contributed by atoms with Crippen LogP contribution in [-0.4, -0.2) is 9.97 Å². The summed E-state index contributed by atoms with van der Waals surface area (Å²) in [5.41, 5.74) is 1.54. The van der Waals surface area contributed by atoms with E-state index in [2.05, 4.69) is 9.97 Å². The van der Waals surface area contributed by atoms with Gasteiger partial charge in [0.1, 0.15) is 16.8 Å². The van der Waals surface area contributed by atoms with Crippen molar-refractivity contribution in [1.29, 1.82) is 0 Å². The van der Waals surface area contributed by atoms with Crippen LogP contribution in [0, 0.1) is 25.5 Å². The van der Waals surface area contributed by atoms with Crippen molar-refractivity contribution in [3.8, 4) is 11.4 Å². The lowest BCUT2D eigenvalue weighted by Crippen LogP contribution is -1.99. The van der Waals surface area contributed by atoms with Gasteiger partial charge in [-0.15, -0.1) is 0 Å². The fraction of sp³-hybridized carbons (Fsp3) is 0.125. The molecule has 0 unspecified atom stereocenters. The third-order valence-corrected chi connectivity index (χ3v) is 3.68. The normalized spacial score (nSPS) is 11.1. The van der Waals surface area contributed by atoms with Crippen molar-refractivity contribution in [2.24, 2.45) is 0 Å². The summed E-state index contributed by atoms with van der Waals surface area (Å²) in [6.07, 6.45) is 0. The average Bonchev–Trinajstić information content (AvgIpc) is 2.45. The molecule has 1 aromatic heterocycles. The first-order valence-electron chi connectivity index (χ1n) is 6.37. The molecule has 0 saturated heterocycles. The zero-order valence-electron chi connectivity index (χ0n) is 11.4. The molecule has 5 heteroatoms. The van der Waals surface area contributed by atoms with Crippen LogP contribution in [0.1, 0.15) is 11.1 Å². The predicted octanol–water partition coefficient (Wildman–Crippen LogP) is 4.85. The summed E-state index contributed by atoms with van der Waals surface area (Å²) >= 11 is 6.13. The van der Waals surface area contributed by atoms with Crippen molar-refractivity contribution in [3.63, 3.8) is 0 Å². The van der Waals surface area contributed by atoms with E-state index >= 15 is 0 Å². The maximum atomic E-state index is 14.2. The summed E-state index contributed by atoms with van der Waals surface area (Å²) in [7, 11) is 0. The van der Waals surface area contributed by atoms with E-state index in [1.165, 1.54) is 12.1 Å². The minimum Gasteiger partial charge on any atom is -0.227 e. The summed E-state index contributed by atoms with van der Waals surface area (Å²) < 4.78 is 28.2. The highest BCUT2D eigenvalue weighted by atomic mass is 35.5. The van der Waals surface area contributed by atoms with Crippen molar-refractivity contribution in [3.05, 3.63) is 58.2 Å². The molecule has 0 bridgehead atoms. The van der Waals surface area contributed by atoms with Crippen LogP contribution >= 0.6 is 11.6 Å². The summed E-state index contributed by atoms with van der Waals surface area (Å²) in [5, 5.41) is 0.841. The van der Waals surface area contributed by atoms with E-state index in [1.54, 1.807) is 13.0 Å². The quantitative estimate of drug-likeness (QED) is 0.601. The zero-order valence-corrected chi connectivity index (χ0v) is 12.2. The number of halogens is 3. The van der Waals surface area contributed by atoms with Crippen LogP contribution in [0.2, 0.25) is 5.15 Å². The van der Waals surface area contributed by atoms with Crippen LogP contribution in [0.5, 0.6) is 0 Å². The first-order chi connectivity index (χ1) is 9.99. The molecule has 2 nitrogen and oxygen atoms in total. The van der Waals surface area contributed by atoms with Gasteiger partial charge in [0.25, 0.3) is 0 Å². The molecule has 0 aliphatic heterocycles. The van der Waals surface area contributed by atoms with Gasteiger partial charge < -0.3 is 0 Å². The van der Waals surface area contributed by atoms with Crippen LogP contribution in [0.4, 0.5) is 8.78 Å². The number of fused-ring (bicyclic) bond motifs is 1. The van der Waals surface area contributed by atoms with Gasteiger partial charge in [0.05, 0.1) is 11.1 Å². The lowest BCUT2D eigenvalue weighted by atomic mass is 10.1. The largest absolute Gasteiger partial charge is 0.227 e. The van der Waals surface area contributed by atoms with Crippen LogP contribution in [-0.2, 0) is 0 Å². The van der Waals surface area contributed by atoms with E-state index in [-0.39, 0.29) is 16.5 Å². The molecule has 0 saturated carbocycles. The molecule has 0 radical (unpaired) electrons. The molecule has 106 valence electrons. The maximum Gasteiger partial charge on any atom is 0.167 e. The molecule has 0 N–H and O–H groups in total. The second-order valence-corrected chi connectivity index (χ2v) is 5.22. The van der Waals surface area contributed by atoms with E-state index in [0.717, 1.165) is 5.56 Å². The molecule has 0 amide bonds. The zero-order chi connectivity index (χ0) is 15.1. The van der Waals surface area contributed by atoms with Gasteiger partial charge in [-0.2, -0.15) is 0 Å². The van der Waals surface area contributed by atoms with Gasteiger partial charge in [-0.05, 0) is 37.1 Å². The number of nitrogens with zero attached hydrogens (tertiary/aromatic N) is 2. The SMILES string of the molecule is Cc1ccc(F)c(-c2nc(Cl)c3cccc(C)c3n2)c1F. The number of aryl methyl sites for hydroxylation is 2. The molecule has 0 aliphatic carbocycles. The third-order valence-electron chi connectivity index (χ3n) is 3.39. The number of para-hydroxylation sites is 1. The molecule has 2 aromatic carbocycles. The minimum atomic E-state index is -0.706. The van der Waals surface area contributed by atoms with E-state index in [1.807, 2.05) is 19.1 Å². The van der Waals surface area contributed by atoms with E-state index in [0.29, 0.717) is 16.5 Å². The van der Waals surface area contributed by atoms with Crippen LogP contribution < -0.4 is 0 Å². The Kier molecular flexibility index (Phi) is 3.33. The summed E-state index contributed by atoms with van der Waals surface area (Å²) in [6, 6.07) is 8.05. The molecule has 0 spiro atoms. The minimum absolute atomic E-state index is 0.0412. The van der Waals surface area contributed by atoms with Crippen LogP contribution in [0.3, 0.4) is 0 Å². The number of aromatic nitrogens is 2. The Morgan fingerprint density at radius 1 is 0.952 bits per heavy atom. The Labute approximate surface area is 125 Å². The first-order valence-corrected chi connectivity index (χ1v) is 6.74. The maximum absolute atomic E-state index is 14.2. The monoisotopic (exact) mass is 304 g/mol. The molecule has 1 heterocycles. The van der Waals surface area contributed by atoms with Crippen LogP contribution in [0.15, 0.2) is 30.3 Å². The van der Waals surface area contributed by atoms with Crippen molar-refractivity contribution in [1.82, 2.24) is 9.97 Å². The molecule has 21 heavy (non-hydrogen) atoms. The van der Waals surface area contributed by atoms with Gasteiger partial charge in [-0.1, -0.05) is 29.8 Å². The van der Waals surface area contributed by atoms with E-state index in [4.69, 9.17) is 11.6 Å².